The largest absolute Gasteiger partial charge is 0.507 e. The minimum Gasteiger partial charge on any atom is -0.507 e. The first-order valence-electron chi connectivity index (χ1n) is 11.3. The van der Waals surface area contributed by atoms with Crippen molar-refractivity contribution in [2.45, 2.75) is 58.2 Å². The second-order valence-corrected chi connectivity index (χ2v) is 10.0. The van der Waals surface area contributed by atoms with Crippen LogP contribution < -0.4 is 9.47 Å². The number of phenols is 2. The maximum absolute atomic E-state index is 10.7. The van der Waals surface area contributed by atoms with Gasteiger partial charge >= 0.3 is 0 Å². The van der Waals surface area contributed by atoms with Crippen LogP contribution in [0.5, 0.6) is 23.0 Å². The van der Waals surface area contributed by atoms with Crippen molar-refractivity contribution in [1.82, 2.24) is 0 Å². The van der Waals surface area contributed by atoms with E-state index in [1.165, 1.54) is 0 Å². The van der Waals surface area contributed by atoms with E-state index in [0.29, 0.717) is 16.9 Å². The molecule has 2 aliphatic rings. The number of ether oxygens (including phenoxy) is 2. The normalized spacial score (nSPS) is 25.6. The predicted molar refractivity (Wildman–Crippen MR) is 129 cm³/mol. The highest BCUT2D eigenvalue weighted by atomic mass is 16.5. The number of hydrogen-bond acceptors (Lipinski definition) is 5. The highest BCUT2D eigenvalue weighted by Crippen LogP contribution is 2.54. The number of phenolic OH excluding ortho intramolecular Hbond substituents is 2. The summed E-state index contributed by atoms with van der Waals surface area (Å²) >= 11 is 0. The number of hydrogen-bond donors (Lipinski definition) is 3. The third kappa shape index (κ3) is 4.05. The first-order chi connectivity index (χ1) is 15.6. The van der Waals surface area contributed by atoms with E-state index in [0.717, 1.165) is 36.1 Å². The summed E-state index contributed by atoms with van der Waals surface area (Å²) in [5, 5.41) is 31.1. The van der Waals surface area contributed by atoms with Crippen LogP contribution in [-0.2, 0) is 12.8 Å². The van der Waals surface area contributed by atoms with Crippen LogP contribution in [0.4, 0.5) is 0 Å². The summed E-state index contributed by atoms with van der Waals surface area (Å²) in [6.45, 7) is 6.39. The molecule has 1 fully saturated rings. The van der Waals surface area contributed by atoms with Crippen LogP contribution in [-0.4, -0.2) is 34.1 Å². The zero-order chi connectivity index (χ0) is 24.0. The summed E-state index contributed by atoms with van der Waals surface area (Å²) in [5.41, 5.74) is 2.35. The lowest BCUT2D eigenvalue weighted by Crippen LogP contribution is -2.58. The summed E-state index contributed by atoms with van der Waals surface area (Å²) in [5.74, 6) is 4.00. The Morgan fingerprint density at radius 2 is 1.76 bits per heavy atom. The van der Waals surface area contributed by atoms with Crippen molar-refractivity contribution in [3.05, 3.63) is 46.5 Å². The van der Waals surface area contributed by atoms with Crippen LogP contribution in [0.15, 0.2) is 24.3 Å². The standard InChI is InChI=1S/C28H32O5/c1-6-7-20-21(29)13-18(14-22(20)30)9-8-17-12-19-16-24-27(2,3)25(31)10-11-28(24,4)33-26(19)23(15-17)32-5/h1,8-9,12-15,24-25,29-31H,7,10-11,16H2,2-5H3/b9-8+/t24-,25-,28-/m1/s1. The fraction of sp³-hybridized carbons (Fsp3) is 0.429. The van der Waals surface area contributed by atoms with Crippen LogP contribution in [0.3, 0.4) is 0 Å². The lowest BCUT2D eigenvalue weighted by atomic mass is 9.57. The van der Waals surface area contributed by atoms with E-state index in [1.807, 2.05) is 18.2 Å². The Balaban J connectivity index is 1.69. The molecule has 0 bridgehead atoms. The minimum atomic E-state index is -0.358. The van der Waals surface area contributed by atoms with Crippen LogP contribution in [0, 0.1) is 23.7 Å². The number of terminal acetylenes is 1. The summed E-state index contributed by atoms with van der Waals surface area (Å²) in [6, 6.07) is 7.17. The van der Waals surface area contributed by atoms with Gasteiger partial charge in [-0.1, -0.05) is 26.0 Å². The van der Waals surface area contributed by atoms with Crippen molar-refractivity contribution >= 4 is 12.2 Å². The van der Waals surface area contributed by atoms with Gasteiger partial charge in [0.25, 0.3) is 0 Å². The molecule has 0 aromatic heterocycles. The SMILES string of the molecule is C#CCc1c(O)cc(/C=C/c2cc3c(c(OC)c2)O[C@]2(C)CC[C@@H](O)C(C)(C)[C@H]2C3)cc1O. The van der Waals surface area contributed by atoms with Gasteiger partial charge in [-0.3, -0.25) is 0 Å². The second-order valence-electron chi connectivity index (χ2n) is 10.0. The van der Waals surface area contributed by atoms with Gasteiger partial charge in [-0.05, 0) is 72.6 Å². The van der Waals surface area contributed by atoms with Crippen molar-refractivity contribution in [2.24, 2.45) is 11.3 Å². The molecular weight excluding hydrogens is 416 g/mol. The highest BCUT2D eigenvalue weighted by molar-refractivity contribution is 5.73. The predicted octanol–water partition coefficient (Wildman–Crippen LogP) is 4.94. The number of aliphatic hydroxyl groups excluding tert-OH is 1. The van der Waals surface area contributed by atoms with Crippen molar-refractivity contribution in [2.75, 3.05) is 7.11 Å². The maximum Gasteiger partial charge on any atom is 0.165 e. The Hall–Kier alpha value is -3.10. The zero-order valence-corrected chi connectivity index (χ0v) is 19.7. The fourth-order valence-corrected chi connectivity index (χ4v) is 5.48. The molecule has 0 saturated heterocycles. The molecule has 33 heavy (non-hydrogen) atoms. The molecule has 2 aromatic rings. The first kappa shape index (κ1) is 23.1. The number of rotatable bonds is 4. The molecule has 1 aliphatic carbocycles. The van der Waals surface area contributed by atoms with Gasteiger partial charge in [0.05, 0.1) is 13.2 Å². The number of methoxy groups -OCH3 is 1. The minimum absolute atomic E-state index is 0.0265. The van der Waals surface area contributed by atoms with Crippen LogP contribution in [0.1, 0.15) is 55.9 Å². The van der Waals surface area contributed by atoms with Gasteiger partial charge in [-0.15, -0.1) is 12.3 Å². The van der Waals surface area contributed by atoms with Gasteiger partial charge < -0.3 is 24.8 Å². The number of aromatic hydroxyl groups is 2. The Morgan fingerprint density at radius 1 is 1.12 bits per heavy atom. The molecule has 0 unspecified atom stereocenters. The van der Waals surface area contributed by atoms with Crippen molar-refractivity contribution in [3.8, 4) is 35.3 Å². The van der Waals surface area contributed by atoms with Crippen molar-refractivity contribution in [1.29, 1.82) is 0 Å². The van der Waals surface area contributed by atoms with Gasteiger partial charge in [0.1, 0.15) is 17.1 Å². The zero-order valence-electron chi connectivity index (χ0n) is 19.7. The average molecular weight is 449 g/mol. The number of fused-ring (bicyclic) bond motifs is 2. The lowest BCUT2D eigenvalue weighted by molar-refractivity contribution is -0.138. The lowest BCUT2D eigenvalue weighted by Gasteiger charge is -2.55. The van der Waals surface area contributed by atoms with Gasteiger partial charge in [-0.25, -0.2) is 0 Å². The van der Waals surface area contributed by atoms with Crippen molar-refractivity contribution < 1.29 is 24.8 Å². The summed E-state index contributed by atoms with van der Waals surface area (Å²) < 4.78 is 12.2. The number of benzene rings is 2. The van der Waals surface area contributed by atoms with Crippen LogP contribution in [0.2, 0.25) is 0 Å². The summed E-state index contributed by atoms with van der Waals surface area (Å²) in [7, 11) is 1.63. The molecular formula is C28H32O5. The van der Waals surface area contributed by atoms with Crippen LogP contribution in [0.25, 0.3) is 12.2 Å². The molecule has 1 aliphatic heterocycles. The van der Waals surface area contributed by atoms with Gasteiger partial charge in [-0.2, -0.15) is 0 Å². The summed E-state index contributed by atoms with van der Waals surface area (Å²) in [4.78, 5) is 0. The Morgan fingerprint density at radius 3 is 2.36 bits per heavy atom. The van der Waals surface area contributed by atoms with E-state index < -0.39 is 0 Å². The Kier molecular flexibility index (Phi) is 5.84. The maximum atomic E-state index is 10.7. The molecule has 5 heteroatoms. The molecule has 4 rings (SSSR count). The van der Waals surface area contributed by atoms with Crippen LogP contribution >= 0.6 is 0 Å². The highest BCUT2D eigenvalue weighted by Gasteiger charge is 2.54. The quantitative estimate of drug-likeness (QED) is 0.456. The molecule has 2 aromatic carbocycles. The third-order valence-electron chi connectivity index (χ3n) is 7.51. The molecule has 3 atom stereocenters. The molecule has 0 spiro atoms. The van der Waals surface area contributed by atoms with Gasteiger partial charge in [0, 0.05) is 17.9 Å². The monoisotopic (exact) mass is 448 g/mol. The van der Waals surface area contributed by atoms with Gasteiger partial charge in [0.2, 0.25) is 0 Å². The molecule has 0 amide bonds. The molecule has 174 valence electrons. The van der Waals surface area contributed by atoms with Crippen molar-refractivity contribution in [3.63, 3.8) is 0 Å². The average Bonchev–Trinajstić information content (AvgIpc) is 2.76. The van der Waals surface area contributed by atoms with E-state index in [1.54, 1.807) is 19.2 Å². The second kappa shape index (κ2) is 8.35. The van der Waals surface area contributed by atoms with E-state index in [4.69, 9.17) is 15.9 Å². The molecule has 5 nitrogen and oxygen atoms in total. The topological polar surface area (TPSA) is 79.2 Å². The molecule has 1 heterocycles. The first-order valence-corrected chi connectivity index (χ1v) is 11.3. The van der Waals surface area contributed by atoms with E-state index in [-0.39, 0.29) is 41.0 Å². The van der Waals surface area contributed by atoms with Gasteiger partial charge in [0.15, 0.2) is 11.5 Å². The smallest absolute Gasteiger partial charge is 0.165 e. The Labute approximate surface area is 195 Å². The fourth-order valence-electron chi connectivity index (χ4n) is 5.48. The van der Waals surface area contributed by atoms with E-state index in [2.05, 4.69) is 32.8 Å². The van der Waals surface area contributed by atoms with E-state index >= 15 is 0 Å². The van der Waals surface area contributed by atoms with E-state index in [9.17, 15) is 15.3 Å². The third-order valence-corrected chi connectivity index (χ3v) is 7.51. The number of aliphatic hydroxyl groups is 1. The Bertz CT molecular complexity index is 1120. The molecule has 3 N–H and O–H groups in total. The summed E-state index contributed by atoms with van der Waals surface area (Å²) in [6.07, 6.45) is 11.1. The molecule has 1 saturated carbocycles. The molecule has 0 radical (unpaired) electrons.